The molecule has 0 N–H and O–H groups in total. The van der Waals surface area contributed by atoms with Crippen molar-refractivity contribution < 1.29 is 0 Å². The molecule has 13 rings (SSSR count). The van der Waals surface area contributed by atoms with Crippen molar-refractivity contribution >= 4 is 55.6 Å². The minimum absolute atomic E-state index is 0.271. The number of rotatable bonds is 8. The number of hydrogen-bond acceptors (Lipinski definition) is 2. The van der Waals surface area contributed by atoms with Crippen LogP contribution in [0.5, 0.6) is 0 Å². The van der Waals surface area contributed by atoms with Gasteiger partial charge < -0.3 is 9.80 Å². The molecule has 10 aromatic carbocycles. The van der Waals surface area contributed by atoms with Crippen LogP contribution in [0.15, 0.2) is 248 Å². The maximum absolute atomic E-state index is 2.59. The van der Waals surface area contributed by atoms with Crippen LogP contribution in [0.3, 0.4) is 0 Å². The lowest BCUT2D eigenvalue weighted by atomic mass is 9.77. The van der Waals surface area contributed by atoms with E-state index < -0.39 is 0 Å². The van der Waals surface area contributed by atoms with Gasteiger partial charge in [0.1, 0.15) is 0 Å². The zero-order valence-corrected chi connectivity index (χ0v) is 40.7. The fourth-order valence-corrected chi connectivity index (χ4v) is 12.1. The molecule has 0 aromatic heterocycles. The number of para-hydroxylation sites is 2. The molecule has 0 fully saturated rings. The second kappa shape index (κ2) is 16.6. The first-order chi connectivity index (χ1) is 34.8. The Balaban J connectivity index is 0.988. The molecule has 2 heteroatoms. The Labute approximate surface area is 417 Å². The van der Waals surface area contributed by atoms with E-state index >= 15 is 0 Å². The van der Waals surface area contributed by atoms with Crippen LogP contribution in [-0.2, 0) is 10.8 Å². The third kappa shape index (κ3) is 6.84. The number of benzene rings is 10. The lowest BCUT2D eigenvalue weighted by molar-refractivity contribution is 0.639. The van der Waals surface area contributed by atoms with Crippen LogP contribution in [0.2, 0.25) is 0 Å². The highest BCUT2D eigenvalue weighted by Gasteiger charge is 2.44. The molecule has 0 saturated carbocycles. The molecule has 3 aliphatic rings. The SMILES string of the molecule is CC1(C)c2cc3c(cc2-c2c1cc(N(C1=CC=C(c4ccccc4)C=CC1)c1ccccc1)c1ccccc21)-c1c(cc(N(c2ccccc2)c2ccc(-c4ccccc4)cc2)c2ccccc12)C3(C)C. The van der Waals surface area contributed by atoms with Crippen molar-refractivity contribution in [2.45, 2.75) is 44.9 Å². The standard InChI is InChI=1S/C69H54N2/c1-68(2)60-43-61-59(67-57-35-20-18-33-55(57)65(45-63(67)69(61,3)4)71(51-29-15-8-16-30-51)53-40-37-49(38-41-53)47-24-11-6-12-25-47)42-58(60)66-56-34-19-17-32-54(56)64(44-62(66)68)70(50-27-13-7-14-28-50)52-31-21-26-48(36-39-52)46-22-9-5-10-23-46/h5-30,32-45H,31H2,1-4H3. The first-order valence-corrected chi connectivity index (χ1v) is 25.1. The maximum atomic E-state index is 2.59. The Morgan fingerprint density at radius 2 is 0.775 bits per heavy atom. The Morgan fingerprint density at radius 1 is 0.352 bits per heavy atom. The van der Waals surface area contributed by atoms with Crippen LogP contribution >= 0.6 is 0 Å². The molecule has 3 aliphatic carbocycles. The summed E-state index contributed by atoms with van der Waals surface area (Å²) in [4.78, 5) is 4.97. The first kappa shape index (κ1) is 42.6. The molecule has 0 radical (unpaired) electrons. The number of allylic oxidation sites excluding steroid dienone is 5. The van der Waals surface area contributed by atoms with E-state index in [0.29, 0.717) is 0 Å². The average molecular weight is 911 g/mol. The van der Waals surface area contributed by atoms with E-state index in [4.69, 9.17) is 0 Å². The normalized spacial score (nSPS) is 14.8. The summed E-state index contributed by atoms with van der Waals surface area (Å²) in [6.07, 6.45) is 10.0. The summed E-state index contributed by atoms with van der Waals surface area (Å²) in [6.45, 7) is 9.77. The summed E-state index contributed by atoms with van der Waals surface area (Å²) in [5.41, 5.74) is 22.2. The van der Waals surface area contributed by atoms with E-state index in [9.17, 15) is 0 Å². The van der Waals surface area contributed by atoms with Crippen molar-refractivity contribution in [3.63, 3.8) is 0 Å². The van der Waals surface area contributed by atoms with E-state index in [2.05, 4.69) is 280 Å². The van der Waals surface area contributed by atoms with Gasteiger partial charge in [-0.1, -0.05) is 210 Å². The summed E-state index contributed by atoms with van der Waals surface area (Å²) >= 11 is 0. The van der Waals surface area contributed by atoms with Crippen LogP contribution in [-0.4, -0.2) is 0 Å². The van der Waals surface area contributed by atoms with Gasteiger partial charge in [0.2, 0.25) is 0 Å². The van der Waals surface area contributed by atoms with Crippen LogP contribution in [0.25, 0.3) is 60.5 Å². The van der Waals surface area contributed by atoms with Gasteiger partial charge >= 0.3 is 0 Å². The first-order valence-electron chi connectivity index (χ1n) is 25.1. The largest absolute Gasteiger partial charge is 0.313 e. The molecule has 0 amide bonds. The third-order valence-corrected chi connectivity index (χ3v) is 15.7. The van der Waals surface area contributed by atoms with Gasteiger partial charge in [-0.15, -0.1) is 0 Å². The molecule has 2 nitrogen and oxygen atoms in total. The number of nitrogens with zero attached hydrogens (tertiary/aromatic N) is 2. The summed E-state index contributed by atoms with van der Waals surface area (Å²) in [5, 5.41) is 5.04. The topological polar surface area (TPSA) is 6.48 Å². The Hall–Kier alpha value is -8.46. The molecule has 0 spiro atoms. The molecule has 0 aliphatic heterocycles. The van der Waals surface area contributed by atoms with Crippen LogP contribution < -0.4 is 9.80 Å². The van der Waals surface area contributed by atoms with Gasteiger partial charge in [-0.2, -0.15) is 0 Å². The van der Waals surface area contributed by atoms with Crippen molar-refractivity contribution in [1.82, 2.24) is 0 Å². The highest BCUT2D eigenvalue weighted by molar-refractivity contribution is 6.13. The lowest BCUT2D eigenvalue weighted by Gasteiger charge is -2.31. The average Bonchev–Trinajstić information content (AvgIpc) is 3.61. The quantitative estimate of drug-likeness (QED) is 0.150. The molecular formula is C69H54N2. The summed E-state index contributed by atoms with van der Waals surface area (Å²) in [7, 11) is 0. The van der Waals surface area contributed by atoms with Crippen molar-refractivity contribution in [2.75, 3.05) is 9.80 Å². The van der Waals surface area contributed by atoms with Crippen molar-refractivity contribution in [3.8, 4) is 33.4 Å². The van der Waals surface area contributed by atoms with E-state index in [1.165, 1.54) is 105 Å². The number of anilines is 5. The predicted octanol–water partition coefficient (Wildman–Crippen LogP) is 18.8. The zero-order valence-electron chi connectivity index (χ0n) is 40.7. The highest BCUT2D eigenvalue weighted by Crippen LogP contribution is 2.60. The lowest BCUT2D eigenvalue weighted by Crippen LogP contribution is -2.20. The molecule has 71 heavy (non-hydrogen) atoms. The van der Waals surface area contributed by atoms with Crippen LogP contribution in [0.4, 0.5) is 28.4 Å². The Bertz CT molecular complexity index is 3800. The molecule has 0 unspecified atom stereocenters. The summed E-state index contributed by atoms with van der Waals surface area (Å²) in [5.74, 6) is 0. The number of hydrogen-bond donors (Lipinski definition) is 0. The molecule has 340 valence electrons. The Morgan fingerprint density at radius 3 is 1.31 bits per heavy atom. The molecular weight excluding hydrogens is 857 g/mol. The smallest absolute Gasteiger partial charge is 0.0543 e. The van der Waals surface area contributed by atoms with Gasteiger partial charge in [-0.05, 0) is 138 Å². The zero-order chi connectivity index (χ0) is 47.8. The summed E-state index contributed by atoms with van der Waals surface area (Å²) in [6, 6.07) is 80.6. The minimum atomic E-state index is -0.272. The van der Waals surface area contributed by atoms with Gasteiger partial charge in [-0.3, -0.25) is 0 Å². The monoisotopic (exact) mass is 910 g/mol. The van der Waals surface area contributed by atoms with E-state index in [1.807, 2.05) is 0 Å². The van der Waals surface area contributed by atoms with Gasteiger partial charge in [0.05, 0.1) is 11.4 Å². The second-order valence-electron chi connectivity index (χ2n) is 20.4. The van der Waals surface area contributed by atoms with Crippen LogP contribution in [0, 0.1) is 0 Å². The van der Waals surface area contributed by atoms with E-state index in [-0.39, 0.29) is 10.8 Å². The second-order valence-corrected chi connectivity index (χ2v) is 20.4. The van der Waals surface area contributed by atoms with E-state index in [1.54, 1.807) is 0 Å². The van der Waals surface area contributed by atoms with Gasteiger partial charge in [0.15, 0.2) is 0 Å². The predicted molar refractivity (Wildman–Crippen MR) is 302 cm³/mol. The molecule has 0 heterocycles. The van der Waals surface area contributed by atoms with E-state index in [0.717, 1.165) is 23.5 Å². The van der Waals surface area contributed by atoms with Gasteiger partial charge in [0, 0.05) is 50.8 Å². The number of fused-ring (bicyclic) bond motifs is 10. The maximum Gasteiger partial charge on any atom is 0.0543 e. The van der Waals surface area contributed by atoms with Crippen molar-refractivity contribution in [3.05, 3.63) is 276 Å². The van der Waals surface area contributed by atoms with Crippen LogP contribution in [0.1, 0.15) is 61.9 Å². The Kier molecular flexibility index (Phi) is 9.97. The molecule has 0 bridgehead atoms. The molecule has 0 saturated heterocycles. The minimum Gasteiger partial charge on any atom is -0.313 e. The third-order valence-electron chi connectivity index (χ3n) is 15.7. The molecule has 10 aromatic rings. The fourth-order valence-electron chi connectivity index (χ4n) is 12.1. The fraction of sp³-hybridized carbons (Fsp3) is 0.101. The highest BCUT2D eigenvalue weighted by atomic mass is 15.2. The van der Waals surface area contributed by atoms with Gasteiger partial charge in [-0.25, -0.2) is 0 Å². The van der Waals surface area contributed by atoms with Gasteiger partial charge in [0.25, 0.3) is 0 Å². The van der Waals surface area contributed by atoms with Crippen molar-refractivity contribution in [2.24, 2.45) is 0 Å². The van der Waals surface area contributed by atoms with Crippen molar-refractivity contribution in [1.29, 1.82) is 0 Å². The molecule has 0 atom stereocenters. The summed E-state index contributed by atoms with van der Waals surface area (Å²) < 4.78 is 0.